The fourth-order valence-electron chi connectivity index (χ4n) is 0.213. The number of rotatable bonds is 3. The molecule has 0 spiro atoms. The maximum atomic E-state index is 4.95. The van der Waals surface area contributed by atoms with Gasteiger partial charge >= 0.3 is 0 Å². The van der Waals surface area contributed by atoms with Crippen molar-refractivity contribution in [2.24, 2.45) is 0 Å². The Bertz CT molecular complexity index is 48.1. The molecule has 0 saturated heterocycles. The molecule has 0 aromatic rings. The molecule has 1 heteroatoms. The maximum absolute atomic E-state index is 4.95. The molecule has 0 aromatic carbocycles. The fourth-order valence-corrected chi connectivity index (χ4v) is 0.213. The van der Waals surface area contributed by atoms with Crippen molar-refractivity contribution in [3.63, 3.8) is 0 Å². The van der Waals surface area contributed by atoms with Crippen LogP contribution in [-0.4, -0.2) is 6.10 Å². The Morgan fingerprint density at radius 1 is 1.57 bits per heavy atom. The summed E-state index contributed by atoms with van der Waals surface area (Å²) >= 11 is 0. The van der Waals surface area contributed by atoms with E-state index in [0.29, 0.717) is 0 Å². The van der Waals surface area contributed by atoms with Gasteiger partial charge in [0.15, 0.2) is 0 Å². The summed E-state index contributed by atoms with van der Waals surface area (Å²) < 4.78 is 4.95. The molecule has 0 aliphatic heterocycles. The van der Waals surface area contributed by atoms with Crippen LogP contribution in [0.5, 0.6) is 0 Å². The summed E-state index contributed by atoms with van der Waals surface area (Å²) in [5.41, 5.74) is 0. The van der Waals surface area contributed by atoms with Crippen LogP contribution in [0, 0.1) is 6.61 Å². The molecular weight excluding hydrogens is 88.1 g/mol. The molecule has 7 heavy (non-hydrogen) atoms. The van der Waals surface area contributed by atoms with E-state index < -0.39 is 0 Å². The van der Waals surface area contributed by atoms with E-state index in [2.05, 4.69) is 6.58 Å². The summed E-state index contributed by atoms with van der Waals surface area (Å²) in [6, 6.07) is 0. The molecule has 1 radical (unpaired) electrons. The van der Waals surface area contributed by atoms with E-state index in [1.807, 2.05) is 13.8 Å². The van der Waals surface area contributed by atoms with Crippen molar-refractivity contribution in [2.45, 2.75) is 20.0 Å². The molecule has 0 unspecified atom stereocenters. The summed E-state index contributed by atoms with van der Waals surface area (Å²) in [5.74, 6) is 0. The van der Waals surface area contributed by atoms with Gasteiger partial charge in [-0.3, -0.25) is 0 Å². The molecule has 0 rings (SSSR count). The molecule has 0 aliphatic rings. The van der Waals surface area contributed by atoms with Crippen LogP contribution in [0.2, 0.25) is 0 Å². The second kappa shape index (κ2) is 3.88. The molecule has 0 bridgehead atoms. The first-order valence-electron chi connectivity index (χ1n) is 2.37. The van der Waals surface area contributed by atoms with Gasteiger partial charge in [-0.2, -0.15) is 0 Å². The predicted molar refractivity (Wildman–Crippen MR) is 30.7 cm³/mol. The third-order valence-electron chi connectivity index (χ3n) is 0.447. The van der Waals surface area contributed by atoms with Crippen LogP contribution in [-0.2, 0) is 4.74 Å². The summed E-state index contributed by atoms with van der Waals surface area (Å²) in [5, 5.41) is 0. The summed E-state index contributed by atoms with van der Waals surface area (Å²) in [4.78, 5) is 0. The van der Waals surface area contributed by atoms with Gasteiger partial charge in [-0.25, -0.2) is 0 Å². The van der Waals surface area contributed by atoms with Crippen molar-refractivity contribution in [1.82, 2.24) is 0 Å². The highest BCUT2D eigenvalue weighted by Crippen LogP contribution is 1.89. The quantitative estimate of drug-likeness (QED) is 0.524. The molecule has 0 aromatic heterocycles. The van der Waals surface area contributed by atoms with Gasteiger partial charge in [0, 0.05) is 0 Å². The van der Waals surface area contributed by atoms with Gasteiger partial charge in [0.1, 0.15) is 6.61 Å². The van der Waals surface area contributed by atoms with Gasteiger partial charge in [0.2, 0.25) is 0 Å². The highest BCUT2D eigenvalue weighted by molar-refractivity contribution is 4.77. The largest absolute Gasteiger partial charge is 0.368 e. The van der Waals surface area contributed by atoms with Gasteiger partial charge in [-0.05, 0) is 13.8 Å². The standard InChI is InChI=1S/C6H11O/c1-4-5-7-6(2)3/h4-6H,1H2,2-3H3. The molecule has 0 amide bonds. The van der Waals surface area contributed by atoms with Gasteiger partial charge < -0.3 is 4.74 Å². The number of hydrogen-bond acceptors (Lipinski definition) is 1. The van der Waals surface area contributed by atoms with Crippen molar-refractivity contribution in [2.75, 3.05) is 0 Å². The first-order valence-corrected chi connectivity index (χ1v) is 2.37. The van der Waals surface area contributed by atoms with Gasteiger partial charge in [-0.1, -0.05) is 6.08 Å². The molecule has 0 heterocycles. The third-order valence-corrected chi connectivity index (χ3v) is 0.447. The monoisotopic (exact) mass is 99.1 g/mol. The van der Waals surface area contributed by atoms with E-state index in [1.165, 1.54) is 0 Å². The molecule has 0 fully saturated rings. The smallest absolute Gasteiger partial charge is 0.105 e. The third kappa shape index (κ3) is 5.70. The van der Waals surface area contributed by atoms with Crippen LogP contribution in [0.4, 0.5) is 0 Å². The number of hydrogen-bond donors (Lipinski definition) is 0. The Balaban J connectivity index is 2.81. The maximum Gasteiger partial charge on any atom is 0.105 e. The van der Waals surface area contributed by atoms with Gasteiger partial charge in [0.05, 0.1) is 6.10 Å². The Morgan fingerprint density at radius 2 is 2.14 bits per heavy atom. The average molecular weight is 99.2 g/mol. The first kappa shape index (κ1) is 6.70. The molecular formula is C6H11O. The highest BCUT2D eigenvalue weighted by Gasteiger charge is 1.86. The van der Waals surface area contributed by atoms with E-state index in [4.69, 9.17) is 4.74 Å². The second-order valence-corrected chi connectivity index (χ2v) is 1.56. The Kier molecular flexibility index (Phi) is 3.71. The average Bonchev–Trinajstić information content (AvgIpc) is 1.61. The normalized spacial score (nSPS) is 9.57. The lowest BCUT2D eigenvalue weighted by Crippen LogP contribution is -1.96. The van der Waals surface area contributed by atoms with Crippen LogP contribution in [0.1, 0.15) is 13.8 Å². The Labute approximate surface area is 45.0 Å². The lowest BCUT2D eigenvalue weighted by Gasteiger charge is -2.00. The van der Waals surface area contributed by atoms with Gasteiger partial charge in [0.25, 0.3) is 0 Å². The lowest BCUT2D eigenvalue weighted by molar-refractivity contribution is 0.149. The molecule has 0 saturated carbocycles. The van der Waals surface area contributed by atoms with Crippen molar-refractivity contribution in [3.05, 3.63) is 19.3 Å². The van der Waals surface area contributed by atoms with E-state index in [-0.39, 0.29) is 6.10 Å². The Morgan fingerprint density at radius 3 is 2.29 bits per heavy atom. The van der Waals surface area contributed by atoms with Crippen LogP contribution in [0.25, 0.3) is 0 Å². The summed E-state index contributed by atoms with van der Waals surface area (Å²) in [6.45, 7) is 8.98. The van der Waals surface area contributed by atoms with Crippen LogP contribution >= 0.6 is 0 Å². The molecule has 0 aliphatic carbocycles. The van der Waals surface area contributed by atoms with Crippen LogP contribution in [0.15, 0.2) is 12.7 Å². The zero-order valence-electron chi connectivity index (χ0n) is 4.85. The lowest BCUT2D eigenvalue weighted by atomic mass is 10.5. The minimum atomic E-state index is 0.276. The topological polar surface area (TPSA) is 9.23 Å². The SMILES string of the molecule is C=C[CH]OC(C)C. The van der Waals surface area contributed by atoms with Crippen molar-refractivity contribution in [1.29, 1.82) is 0 Å². The van der Waals surface area contributed by atoms with Crippen molar-refractivity contribution < 1.29 is 4.74 Å². The number of ether oxygens (including phenoxy) is 1. The second-order valence-electron chi connectivity index (χ2n) is 1.56. The van der Waals surface area contributed by atoms with Gasteiger partial charge in [-0.15, -0.1) is 6.58 Å². The van der Waals surface area contributed by atoms with Crippen molar-refractivity contribution in [3.8, 4) is 0 Å². The Hall–Kier alpha value is -0.300. The van der Waals surface area contributed by atoms with Crippen LogP contribution < -0.4 is 0 Å². The van der Waals surface area contributed by atoms with E-state index in [0.717, 1.165) is 0 Å². The van der Waals surface area contributed by atoms with E-state index >= 15 is 0 Å². The summed E-state index contributed by atoms with van der Waals surface area (Å²) in [7, 11) is 0. The molecule has 41 valence electrons. The van der Waals surface area contributed by atoms with Crippen molar-refractivity contribution >= 4 is 0 Å². The minimum absolute atomic E-state index is 0.276. The zero-order chi connectivity index (χ0) is 5.70. The fraction of sp³-hybridized carbons (Fsp3) is 0.500. The zero-order valence-corrected chi connectivity index (χ0v) is 4.85. The van der Waals surface area contributed by atoms with E-state index in [1.54, 1.807) is 12.7 Å². The molecule has 1 nitrogen and oxygen atoms in total. The molecule has 0 atom stereocenters. The first-order chi connectivity index (χ1) is 3.27. The minimum Gasteiger partial charge on any atom is -0.368 e. The molecule has 0 N–H and O–H groups in total. The summed E-state index contributed by atoms with van der Waals surface area (Å²) in [6.07, 6.45) is 1.90. The predicted octanol–water partition coefficient (Wildman–Crippen LogP) is 1.76. The van der Waals surface area contributed by atoms with Crippen LogP contribution in [0.3, 0.4) is 0 Å². The van der Waals surface area contributed by atoms with E-state index in [9.17, 15) is 0 Å². The highest BCUT2D eigenvalue weighted by atomic mass is 16.5.